The number of likely N-dealkylation sites (tertiary alicyclic amines) is 2. The highest BCUT2D eigenvalue weighted by Gasteiger charge is 2.28. The van der Waals surface area contributed by atoms with Crippen LogP contribution in [0.5, 0.6) is 0 Å². The summed E-state index contributed by atoms with van der Waals surface area (Å²) >= 11 is 0. The molecule has 0 aromatic heterocycles. The van der Waals surface area contributed by atoms with Crippen molar-refractivity contribution < 1.29 is 4.79 Å². The van der Waals surface area contributed by atoms with E-state index in [2.05, 4.69) is 18.7 Å². The normalized spacial score (nSPS) is 24.4. The van der Waals surface area contributed by atoms with Crippen LogP contribution in [-0.4, -0.2) is 54.0 Å². The van der Waals surface area contributed by atoms with E-state index in [4.69, 9.17) is 5.73 Å². The Bertz CT molecular complexity index is 323. The number of halogens is 2. The van der Waals surface area contributed by atoms with E-state index >= 15 is 0 Å². The highest BCUT2D eigenvalue weighted by atomic mass is 35.5. The van der Waals surface area contributed by atoms with Crippen LogP contribution in [0.15, 0.2) is 0 Å². The van der Waals surface area contributed by atoms with Crippen molar-refractivity contribution in [3.8, 4) is 0 Å². The first-order valence-electron chi connectivity index (χ1n) is 8.36. The minimum atomic E-state index is -0.307. The van der Waals surface area contributed by atoms with Gasteiger partial charge in [0.15, 0.2) is 0 Å². The van der Waals surface area contributed by atoms with Crippen LogP contribution in [0.1, 0.15) is 52.4 Å². The maximum atomic E-state index is 12.4. The third-order valence-electron chi connectivity index (χ3n) is 4.71. The molecule has 2 atom stereocenters. The zero-order valence-corrected chi connectivity index (χ0v) is 15.6. The first kappa shape index (κ1) is 22.0. The summed E-state index contributed by atoms with van der Waals surface area (Å²) in [7, 11) is 0. The summed E-state index contributed by atoms with van der Waals surface area (Å²) < 4.78 is 0. The molecular weight excluding hydrogens is 321 g/mol. The second-order valence-corrected chi connectivity index (χ2v) is 6.89. The van der Waals surface area contributed by atoms with Crippen LogP contribution < -0.4 is 5.73 Å². The molecule has 2 aliphatic rings. The fourth-order valence-electron chi connectivity index (χ4n) is 3.61. The number of rotatable bonds is 4. The van der Waals surface area contributed by atoms with Crippen molar-refractivity contribution in [3.63, 3.8) is 0 Å². The second-order valence-electron chi connectivity index (χ2n) is 6.89. The van der Waals surface area contributed by atoms with E-state index in [0.717, 1.165) is 32.4 Å². The molecule has 0 spiro atoms. The van der Waals surface area contributed by atoms with Crippen molar-refractivity contribution in [3.05, 3.63) is 0 Å². The fraction of sp³-hybridized carbons (Fsp3) is 0.938. The zero-order valence-electron chi connectivity index (χ0n) is 14.0. The van der Waals surface area contributed by atoms with Crippen LogP contribution >= 0.6 is 24.8 Å². The lowest BCUT2D eigenvalue weighted by atomic mass is 10.0. The van der Waals surface area contributed by atoms with Gasteiger partial charge in [-0.25, -0.2) is 0 Å². The maximum absolute atomic E-state index is 12.4. The van der Waals surface area contributed by atoms with Crippen LogP contribution in [0.4, 0.5) is 0 Å². The molecule has 2 heterocycles. The van der Waals surface area contributed by atoms with Crippen molar-refractivity contribution in [1.29, 1.82) is 0 Å². The lowest BCUT2D eigenvalue weighted by Crippen LogP contribution is -2.45. The lowest BCUT2D eigenvalue weighted by molar-refractivity contribution is -0.132. The number of nitrogens with two attached hydrogens (primary N) is 1. The van der Waals surface area contributed by atoms with Gasteiger partial charge in [0.05, 0.1) is 6.04 Å². The van der Waals surface area contributed by atoms with Gasteiger partial charge < -0.3 is 15.5 Å². The van der Waals surface area contributed by atoms with Crippen LogP contribution in [0.3, 0.4) is 0 Å². The Hall–Kier alpha value is -0.0300. The third kappa shape index (κ3) is 6.23. The number of carbonyl (C=O) groups excluding carboxylic acids is 1. The van der Waals surface area contributed by atoms with E-state index in [9.17, 15) is 4.79 Å². The number of carbonyl (C=O) groups is 1. The van der Waals surface area contributed by atoms with Gasteiger partial charge >= 0.3 is 0 Å². The van der Waals surface area contributed by atoms with Gasteiger partial charge in [0.2, 0.25) is 5.91 Å². The standard InChI is InChI=1S/C16H31N3O.2ClH/c1-13(2)12-15(17)16(20)19-10-5-6-14(7-11-19)18-8-3-4-9-18;;/h13-15H,3-12,17H2,1-2H3;2*1H/t14?,15-;;/m0../s1. The minimum absolute atomic E-state index is 0. The number of hydrogen-bond acceptors (Lipinski definition) is 3. The van der Waals surface area contributed by atoms with Gasteiger partial charge in [-0.15, -0.1) is 24.8 Å². The molecule has 1 unspecified atom stereocenters. The van der Waals surface area contributed by atoms with E-state index in [1.165, 1.54) is 32.4 Å². The van der Waals surface area contributed by atoms with E-state index < -0.39 is 0 Å². The summed E-state index contributed by atoms with van der Waals surface area (Å²) in [6, 6.07) is 0.384. The van der Waals surface area contributed by atoms with Crippen molar-refractivity contribution in [2.24, 2.45) is 11.7 Å². The molecule has 2 N–H and O–H groups in total. The zero-order chi connectivity index (χ0) is 14.5. The summed E-state index contributed by atoms with van der Waals surface area (Å²) in [6.07, 6.45) is 6.98. The lowest BCUT2D eigenvalue weighted by Gasteiger charge is -2.27. The average molecular weight is 354 g/mol. The van der Waals surface area contributed by atoms with Crippen LogP contribution in [0.25, 0.3) is 0 Å². The molecule has 2 aliphatic heterocycles. The van der Waals surface area contributed by atoms with Crippen molar-refractivity contribution in [2.45, 2.75) is 64.5 Å². The summed E-state index contributed by atoms with van der Waals surface area (Å²) in [6.45, 7) is 8.55. The van der Waals surface area contributed by atoms with E-state index in [-0.39, 0.29) is 36.8 Å². The molecule has 6 heteroatoms. The Labute approximate surface area is 148 Å². The highest BCUT2D eigenvalue weighted by Crippen LogP contribution is 2.21. The number of nitrogens with zero attached hydrogens (tertiary/aromatic N) is 2. The molecule has 2 rings (SSSR count). The SMILES string of the molecule is CC(C)C[C@H](N)C(=O)N1CCCC(N2CCCC2)CC1.Cl.Cl. The van der Waals surface area contributed by atoms with Crippen LogP contribution in [0.2, 0.25) is 0 Å². The number of amides is 1. The van der Waals surface area contributed by atoms with Gasteiger partial charge in [-0.1, -0.05) is 13.8 Å². The molecule has 0 aromatic carbocycles. The second kappa shape index (κ2) is 10.7. The monoisotopic (exact) mass is 353 g/mol. The topological polar surface area (TPSA) is 49.6 Å². The first-order valence-corrected chi connectivity index (χ1v) is 8.36. The summed E-state index contributed by atoms with van der Waals surface area (Å²) in [5.41, 5.74) is 6.06. The third-order valence-corrected chi connectivity index (χ3v) is 4.71. The molecule has 0 bridgehead atoms. The fourth-order valence-corrected chi connectivity index (χ4v) is 3.61. The average Bonchev–Trinajstić information content (AvgIpc) is 2.82. The molecule has 2 saturated heterocycles. The van der Waals surface area contributed by atoms with E-state index in [1.54, 1.807) is 0 Å². The van der Waals surface area contributed by atoms with Gasteiger partial charge in [-0.2, -0.15) is 0 Å². The predicted molar refractivity (Wildman–Crippen MR) is 97.0 cm³/mol. The van der Waals surface area contributed by atoms with Crippen molar-refractivity contribution in [1.82, 2.24) is 9.80 Å². The first-order chi connectivity index (χ1) is 9.58. The Kier molecular flexibility index (Phi) is 10.7. The smallest absolute Gasteiger partial charge is 0.239 e. The molecule has 22 heavy (non-hydrogen) atoms. The van der Waals surface area contributed by atoms with E-state index in [0.29, 0.717) is 12.0 Å². The van der Waals surface area contributed by atoms with Crippen molar-refractivity contribution in [2.75, 3.05) is 26.2 Å². The summed E-state index contributed by atoms with van der Waals surface area (Å²) in [4.78, 5) is 17.0. The van der Waals surface area contributed by atoms with Gasteiger partial charge in [-0.05, 0) is 57.5 Å². The number of hydrogen-bond donors (Lipinski definition) is 1. The van der Waals surface area contributed by atoms with Gasteiger partial charge in [0.1, 0.15) is 0 Å². The van der Waals surface area contributed by atoms with Crippen molar-refractivity contribution >= 4 is 30.7 Å². The Morgan fingerprint density at radius 2 is 1.68 bits per heavy atom. The molecule has 0 aromatic rings. The molecule has 0 saturated carbocycles. The van der Waals surface area contributed by atoms with Gasteiger partial charge in [0, 0.05) is 19.1 Å². The Morgan fingerprint density at radius 3 is 2.27 bits per heavy atom. The molecule has 1 amide bonds. The Morgan fingerprint density at radius 1 is 1.05 bits per heavy atom. The van der Waals surface area contributed by atoms with Crippen LogP contribution in [-0.2, 0) is 4.79 Å². The minimum Gasteiger partial charge on any atom is -0.341 e. The molecule has 132 valence electrons. The molecular formula is C16H33Cl2N3O. The molecule has 0 aliphatic carbocycles. The van der Waals surface area contributed by atoms with Gasteiger partial charge in [0.25, 0.3) is 0 Å². The van der Waals surface area contributed by atoms with Crippen LogP contribution in [0, 0.1) is 5.92 Å². The summed E-state index contributed by atoms with van der Waals surface area (Å²) in [5.74, 6) is 0.652. The molecule has 2 fully saturated rings. The Balaban J connectivity index is 0.00000220. The highest BCUT2D eigenvalue weighted by molar-refractivity contribution is 5.85. The van der Waals surface area contributed by atoms with E-state index in [1.807, 2.05) is 4.90 Å². The molecule has 4 nitrogen and oxygen atoms in total. The molecule has 0 radical (unpaired) electrons. The summed E-state index contributed by atoms with van der Waals surface area (Å²) in [5, 5.41) is 0. The quantitative estimate of drug-likeness (QED) is 0.845. The van der Waals surface area contributed by atoms with Gasteiger partial charge in [-0.3, -0.25) is 4.79 Å². The predicted octanol–water partition coefficient (Wildman–Crippen LogP) is 2.68. The largest absolute Gasteiger partial charge is 0.341 e. The maximum Gasteiger partial charge on any atom is 0.239 e.